The molecule has 0 spiro atoms. The Hall–Kier alpha value is -1.63. The van der Waals surface area contributed by atoms with Crippen LogP contribution >= 0.6 is 0 Å². The van der Waals surface area contributed by atoms with Crippen molar-refractivity contribution in [2.75, 3.05) is 7.05 Å². The number of hydrogen-bond donors (Lipinski definition) is 0. The van der Waals surface area contributed by atoms with Gasteiger partial charge in [-0.3, -0.25) is 4.99 Å². The number of aliphatic imine (C=N–C) groups is 1. The molecule has 0 aromatic carbocycles. The number of nitrogens with zero attached hydrogens (tertiary/aromatic N) is 1. The van der Waals surface area contributed by atoms with Crippen LogP contribution in [0.1, 0.15) is 6.92 Å². The molecule has 0 heterocycles. The molecule has 0 fully saturated rings. The van der Waals surface area contributed by atoms with Gasteiger partial charge in [-0.25, -0.2) is 0 Å². The molecule has 1 nitrogen and oxygen atoms in total. The monoisotopic (exact) mass is 198 g/mol. The summed E-state index contributed by atoms with van der Waals surface area (Å²) in [5, 5.41) is 0. The zero-order valence-electron chi connectivity index (χ0n) is 9.27. The van der Waals surface area contributed by atoms with Crippen LogP contribution in [0.4, 0.5) is 0 Å². The van der Waals surface area contributed by atoms with Crippen LogP contribution in [0.25, 0.3) is 0 Å². The topological polar surface area (TPSA) is 12.4 Å². The summed E-state index contributed by atoms with van der Waals surface area (Å²) >= 11 is 0. The van der Waals surface area contributed by atoms with Gasteiger partial charge in [0.2, 0.25) is 0 Å². The van der Waals surface area contributed by atoms with Crippen molar-refractivity contribution in [2.45, 2.75) is 6.92 Å². The minimum Gasteiger partial charge on any atom is -0.297 e. The third kappa shape index (κ3) is 3.55. The standard InChI is InChI=1S/C14H16N/c1-4-6-13(7-5-10-15-3)14-9-8-12(2)11-14/h4-11H,1H2,2-3H3/b7-5-,13-6+,15-10?. The normalized spacial score (nSPS) is 17.3. The van der Waals surface area contributed by atoms with E-state index in [-0.39, 0.29) is 0 Å². The molecule has 1 radical (unpaired) electrons. The minimum atomic E-state index is 1.15. The smallest absolute Gasteiger partial charge is 0.0277 e. The zero-order chi connectivity index (χ0) is 11.1. The van der Waals surface area contributed by atoms with Gasteiger partial charge in [0.1, 0.15) is 0 Å². The van der Waals surface area contributed by atoms with E-state index in [4.69, 9.17) is 0 Å². The van der Waals surface area contributed by atoms with E-state index in [1.54, 1.807) is 19.3 Å². The lowest BCUT2D eigenvalue weighted by atomic mass is 10.1. The number of hydrogen-bond acceptors (Lipinski definition) is 1. The Balaban J connectivity index is 2.85. The van der Waals surface area contributed by atoms with Gasteiger partial charge in [0.15, 0.2) is 0 Å². The molecule has 0 aromatic heterocycles. The Kier molecular flexibility index (Phi) is 4.55. The highest BCUT2D eigenvalue weighted by molar-refractivity contribution is 5.73. The van der Waals surface area contributed by atoms with E-state index in [0.29, 0.717) is 0 Å². The molecule has 0 N–H and O–H groups in total. The van der Waals surface area contributed by atoms with Crippen LogP contribution in [-0.2, 0) is 0 Å². The summed E-state index contributed by atoms with van der Waals surface area (Å²) in [6, 6.07) is 0. The predicted molar refractivity (Wildman–Crippen MR) is 68.0 cm³/mol. The summed E-state index contributed by atoms with van der Waals surface area (Å²) in [4.78, 5) is 3.90. The van der Waals surface area contributed by atoms with E-state index >= 15 is 0 Å². The average molecular weight is 198 g/mol. The SMILES string of the molecule is C=C/C=C(\C=C/C=NC)C1=C[CH]C(C)=C1. The van der Waals surface area contributed by atoms with Gasteiger partial charge in [-0.05, 0) is 24.1 Å². The van der Waals surface area contributed by atoms with Crippen molar-refractivity contribution >= 4 is 6.21 Å². The maximum atomic E-state index is 3.90. The lowest BCUT2D eigenvalue weighted by molar-refractivity contribution is 1.47. The molecule has 0 atom stereocenters. The molecule has 0 unspecified atom stereocenters. The van der Waals surface area contributed by atoms with Crippen molar-refractivity contribution < 1.29 is 0 Å². The van der Waals surface area contributed by atoms with Crippen LogP contribution in [0.3, 0.4) is 0 Å². The summed E-state index contributed by atoms with van der Waals surface area (Å²) in [5.74, 6) is 0. The molecule has 15 heavy (non-hydrogen) atoms. The number of allylic oxidation sites excluding steroid dienone is 9. The second kappa shape index (κ2) is 5.97. The highest BCUT2D eigenvalue weighted by atomic mass is 14.6. The summed E-state index contributed by atoms with van der Waals surface area (Å²) in [7, 11) is 1.76. The second-order valence-electron chi connectivity index (χ2n) is 3.30. The summed E-state index contributed by atoms with van der Waals surface area (Å²) in [6.45, 7) is 5.81. The largest absolute Gasteiger partial charge is 0.297 e. The van der Waals surface area contributed by atoms with Gasteiger partial charge in [0, 0.05) is 19.7 Å². The van der Waals surface area contributed by atoms with Crippen LogP contribution < -0.4 is 0 Å². The van der Waals surface area contributed by atoms with Gasteiger partial charge in [-0.1, -0.05) is 42.5 Å². The van der Waals surface area contributed by atoms with Gasteiger partial charge in [-0.15, -0.1) is 0 Å². The Morgan fingerprint density at radius 3 is 2.80 bits per heavy atom. The van der Waals surface area contributed by atoms with Crippen LogP contribution in [0, 0.1) is 6.42 Å². The Morgan fingerprint density at radius 1 is 1.47 bits per heavy atom. The second-order valence-corrected chi connectivity index (χ2v) is 3.30. The molecule has 0 aromatic rings. The van der Waals surface area contributed by atoms with E-state index < -0.39 is 0 Å². The fourth-order valence-corrected chi connectivity index (χ4v) is 1.35. The number of rotatable bonds is 4. The fourth-order valence-electron chi connectivity index (χ4n) is 1.35. The van der Waals surface area contributed by atoms with Crippen LogP contribution in [0.2, 0.25) is 0 Å². The summed E-state index contributed by atoms with van der Waals surface area (Å²) in [5.41, 5.74) is 3.64. The van der Waals surface area contributed by atoms with E-state index in [0.717, 1.165) is 5.57 Å². The third-order valence-corrected chi connectivity index (χ3v) is 2.05. The molecule has 1 heteroatoms. The molecular weight excluding hydrogens is 182 g/mol. The Bertz CT molecular complexity index is 376. The van der Waals surface area contributed by atoms with Gasteiger partial charge < -0.3 is 0 Å². The molecule has 1 aliphatic carbocycles. The van der Waals surface area contributed by atoms with Crippen molar-refractivity contribution in [2.24, 2.45) is 4.99 Å². The average Bonchev–Trinajstić information content (AvgIpc) is 2.64. The summed E-state index contributed by atoms with van der Waals surface area (Å²) in [6.07, 6.45) is 15.9. The van der Waals surface area contributed by atoms with E-state index in [2.05, 4.69) is 37.1 Å². The maximum Gasteiger partial charge on any atom is 0.0277 e. The van der Waals surface area contributed by atoms with Crippen LogP contribution in [0.15, 0.2) is 64.7 Å². The van der Waals surface area contributed by atoms with Crippen molar-refractivity contribution in [3.8, 4) is 0 Å². The fraction of sp³-hybridized carbons (Fsp3) is 0.143. The van der Waals surface area contributed by atoms with Gasteiger partial charge in [0.05, 0.1) is 0 Å². The van der Waals surface area contributed by atoms with Crippen molar-refractivity contribution in [3.63, 3.8) is 0 Å². The van der Waals surface area contributed by atoms with Gasteiger partial charge >= 0.3 is 0 Å². The first-order valence-corrected chi connectivity index (χ1v) is 4.93. The van der Waals surface area contributed by atoms with E-state index in [9.17, 15) is 0 Å². The molecule has 1 aliphatic rings. The lowest BCUT2D eigenvalue weighted by Crippen LogP contribution is -1.80. The lowest BCUT2D eigenvalue weighted by Gasteiger charge is -1.98. The third-order valence-electron chi connectivity index (χ3n) is 2.05. The molecule has 0 saturated carbocycles. The summed E-state index contributed by atoms with van der Waals surface area (Å²) < 4.78 is 0. The zero-order valence-corrected chi connectivity index (χ0v) is 9.27. The molecule has 0 bridgehead atoms. The van der Waals surface area contributed by atoms with Crippen molar-refractivity contribution in [3.05, 3.63) is 66.2 Å². The van der Waals surface area contributed by atoms with Gasteiger partial charge in [-0.2, -0.15) is 0 Å². The molecule has 0 amide bonds. The first-order valence-electron chi connectivity index (χ1n) is 4.93. The highest BCUT2D eigenvalue weighted by Crippen LogP contribution is 2.23. The predicted octanol–water partition coefficient (Wildman–Crippen LogP) is 3.45. The van der Waals surface area contributed by atoms with Crippen molar-refractivity contribution in [1.82, 2.24) is 0 Å². The Labute approximate surface area is 91.9 Å². The van der Waals surface area contributed by atoms with Gasteiger partial charge in [0.25, 0.3) is 0 Å². The van der Waals surface area contributed by atoms with Crippen molar-refractivity contribution in [1.29, 1.82) is 0 Å². The first kappa shape index (κ1) is 11.4. The molecule has 0 aliphatic heterocycles. The van der Waals surface area contributed by atoms with Crippen LogP contribution in [0.5, 0.6) is 0 Å². The quantitative estimate of drug-likeness (QED) is 0.484. The molecular formula is C14H16N. The maximum absolute atomic E-state index is 3.90. The highest BCUT2D eigenvalue weighted by Gasteiger charge is 2.04. The molecule has 1 rings (SSSR count). The van der Waals surface area contributed by atoms with Crippen LogP contribution in [-0.4, -0.2) is 13.3 Å². The molecule has 0 saturated heterocycles. The van der Waals surface area contributed by atoms with E-state index in [1.807, 2.05) is 18.2 Å². The Morgan fingerprint density at radius 2 is 2.27 bits per heavy atom. The molecule has 77 valence electrons. The minimum absolute atomic E-state index is 1.15. The first-order chi connectivity index (χ1) is 7.27. The van der Waals surface area contributed by atoms with E-state index in [1.165, 1.54) is 11.1 Å².